The number of hydrogen-bond acceptors (Lipinski definition) is 3. The van der Waals surface area contributed by atoms with Gasteiger partial charge < -0.3 is 5.11 Å². The van der Waals surface area contributed by atoms with Crippen LogP contribution in [-0.2, 0) is 9.59 Å². The van der Waals surface area contributed by atoms with Crippen molar-refractivity contribution in [1.29, 1.82) is 0 Å². The van der Waals surface area contributed by atoms with Gasteiger partial charge in [0, 0.05) is 26.0 Å². The summed E-state index contributed by atoms with van der Waals surface area (Å²) in [5, 5.41) is 9.10. The van der Waals surface area contributed by atoms with E-state index >= 15 is 0 Å². The van der Waals surface area contributed by atoms with Gasteiger partial charge in [-0.15, -0.1) is 0 Å². The van der Waals surface area contributed by atoms with E-state index in [2.05, 4.69) is 6.92 Å². The summed E-state index contributed by atoms with van der Waals surface area (Å²) in [5.74, 6) is 0.278. The Morgan fingerprint density at radius 2 is 1.75 bits per heavy atom. The normalized spacial score (nSPS) is 23.6. The lowest BCUT2D eigenvalue weighted by atomic mass is 9.76. The number of carbonyl (C=O) groups is 2. The molecule has 1 N–H and O–H groups in total. The predicted molar refractivity (Wildman–Crippen MR) is 77.0 cm³/mol. The zero-order valence-corrected chi connectivity index (χ0v) is 12.6. The second-order valence-electron chi connectivity index (χ2n) is 6.63. The maximum Gasteiger partial charge on any atom is 0.229 e. The predicted octanol–water partition coefficient (Wildman–Crippen LogP) is 2.49. The fourth-order valence-electron chi connectivity index (χ4n) is 3.89. The van der Waals surface area contributed by atoms with Crippen LogP contribution in [0.4, 0.5) is 0 Å². The minimum Gasteiger partial charge on any atom is -0.396 e. The number of carbonyl (C=O) groups excluding carboxylic acids is 2. The zero-order valence-electron chi connectivity index (χ0n) is 12.6. The molecule has 1 heterocycles. The molecule has 1 saturated carbocycles. The van der Waals surface area contributed by atoms with Gasteiger partial charge in [0.15, 0.2) is 0 Å². The van der Waals surface area contributed by atoms with Gasteiger partial charge >= 0.3 is 0 Å². The molecular weight excluding hydrogens is 254 g/mol. The van der Waals surface area contributed by atoms with Gasteiger partial charge in [0.1, 0.15) is 0 Å². The molecule has 4 nitrogen and oxygen atoms in total. The van der Waals surface area contributed by atoms with Crippen molar-refractivity contribution in [1.82, 2.24) is 4.90 Å². The van der Waals surface area contributed by atoms with E-state index in [1.807, 2.05) is 0 Å². The van der Waals surface area contributed by atoms with Gasteiger partial charge in [0.25, 0.3) is 0 Å². The highest BCUT2D eigenvalue weighted by Crippen LogP contribution is 2.47. The molecule has 2 aliphatic rings. The first-order valence-electron chi connectivity index (χ1n) is 8.04. The van der Waals surface area contributed by atoms with Gasteiger partial charge in [-0.1, -0.05) is 26.2 Å². The highest BCUT2D eigenvalue weighted by Gasteiger charge is 2.45. The lowest BCUT2D eigenvalue weighted by Gasteiger charge is -2.38. The topological polar surface area (TPSA) is 57.6 Å². The molecule has 0 bridgehead atoms. The number of nitrogens with zero attached hydrogens (tertiary/aromatic N) is 1. The molecule has 1 aliphatic heterocycles. The molecule has 2 fully saturated rings. The van der Waals surface area contributed by atoms with Gasteiger partial charge in [-0.3, -0.25) is 14.5 Å². The summed E-state index contributed by atoms with van der Waals surface area (Å²) >= 11 is 0. The minimum atomic E-state index is -0.0120. The summed E-state index contributed by atoms with van der Waals surface area (Å²) in [4.78, 5) is 26.2. The molecule has 1 spiro atoms. The molecule has 114 valence electrons. The first-order chi connectivity index (χ1) is 9.60. The van der Waals surface area contributed by atoms with Crippen molar-refractivity contribution < 1.29 is 14.7 Å². The maximum absolute atomic E-state index is 12.4. The number of aliphatic hydroxyl groups is 1. The summed E-state index contributed by atoms with van der Waals surface area (Å²) < 4.78 is 0. The zero-order chi connectivity index (χ0) is 14.6. The number of rotatable bonds is 6. The number of amides is 2. The smallest absolute Gasteiger partial charge is 0.229 e. The highest BCUT2D eigenvalue weighted by molar-refractivity contribution is 5.98. The Labute approximate surface area is 121 Å². The van der Waals surface area contributed by atoms with Crippen LogP contribution in [0.5, 0.6) is 0 Å². The van der Waals surface area contributed by atoms with E-state index in [4.69, 9.17) is 5.11 Å². The monoisotopic (exact) mass is 281 g/mol. The van der Waals surface area contributed by atoms with Crippen LogP contribution < -0.4 is 0 Å². The molecule has 0 radical (unpaired) electrons. The number of likely N-dealkylation sites (tertiary alicyclic amines) is 1. The summed E-state index contributed by atoms with van der Waals surface area (Å²) in [6, 6.07) is 0. The minimum absolute atomic E-state index is 0.0120. The Morgan fingerprint density at radius 1 is 1.15 bits per heavy atom. The summed E-state index contributed by atoms with van der Waals surface area (Å²) in [6.45, 7) is 2.73. The van der Waals surface area contributed by atoms with E-state index in [0.717, 1.165) is 38.5 Å². The maximum atomic E-state index is 12.4. The van der Waals surface area contributed by atoms with E-state index in [1.165, 1.54) is 4.90 Å². The van der Waals surface area contributed by atoms with E-state index in [0.29, 0.717) is 25.8 Å². The molecule has 0 aromatic rings. The third-order valence-corrected chi connectivity index (χ3v) is 4.99. The van der Waals surface area contributed by atoms with Crippen LogP contribution in [0.3, 0.4) is 0 Å². The molecule has 1 atom stereocenters. The van der Waals surface area contributed by atoms with Crippen LogP contribution in [0, 0.1) is 11.3 Å². The number of hydrogen-bond donors (Lipinski definition) is 1. The van der Waals surface area contributed by atoms with E-state index in [1.54, 1.807) is 0 Å². The third kappa shape index (κ3) is 3.40. The largest absolute Gasteiger partial charge is 0.396 e. The molecule has 2 amide bonds. The SMILES string of the molecule is CCCC(CCO)CN1C(=O)CC2(CCCC2)CC1=O. The molecule has 0 aromatic heterocycles. The second-order valence-corrected chi connectivity index (χ2v) is 6.63. The van der Waals surface area contributed by atoms with Crippen LogP contribution in [0.15, 0.2) is 0 Å². The Hall–Kier alpha value is -0.900. The van der Waals surface area contributed by atoms with Crippen LogP contribution >= 0.6 is 0 Å². The first-order valence-corrected chi connectivity index (χ1v) is 8.04. The van der Waals surface area contributed by atoms with Crippen LogP contribution in [-0.4, -0.2) is 35.0 Å². The molecule has 20 heavy (non-hydrogen) atoms. The number of piperidine rings is 1. The first kappa shape index (κ1) is 15.5. The van der Waals surface area contributed by atoms with E-state index in [9.17, 15) is 9.59 Å². The van der Waals surface area contributed by atoms with Crippen molar-refractivity contribution >= 4 is 11.8 Å². The lowest BCUT2D eigenvalue weighted by molar-refractivity contribution is -0.154. The fourth-order valence-corrected chi connectivity index (χ4v) is 3.89. The van der Waals surface area contributed by atoms with Crippen molar-refractivity contribution in [3.63, 3.8) is 0 Å². The average molecular weight is 281 g/mol. The fraction of sp³-hybridized carbons (Fsp3) is 0.875. The van der Waals surface area contributed by atoms with Gasteiger partial charge in [-0.25, -0.2) is 0 Å². The number of imide groups is 1. The Kier molecular flexibility index (Phi) is 5.19. The van der Waals surface area contributed by atoms with Crippen molar-refractivity contribution in [3.05, 3.63) is 0 Å². The standard InChI is InChI=1S/C16H27NO3/c1-2-5-13(6-9-18)12-17-14(19)10-16(11-15(17)20)7-3-4-8-16/h13,18H,2-12H2,1H3. The molecular formula is C16H27NO3. The van der Waals surface area contributed by atoms with Crippen LogP contribution in [0.25, 0.3) is 0 Å². The van der Waals surface area contributed by atoms with Gasteiger partial charge in [0.05, 0.1) is 0 Å². The average Bonchev–Trinajstić information content (AvgIpc) is 2.82. The molecule has 1 aliphatic carbocycles. The van der Waals surface area contributed by atoms with Crippen molar-refractivity contribution in [2.45, 2.75) is 64.7 Å². The van der Waals surface area contributed by atoms with Crippen molar-refractivity contribution in [2.75, 3.05) is 13.2 Å². The Balaban J connectivity index is 1.98. The Morgan fingerprint density at radius 3 is 2.25 bits per heavy atom. The van der Waals surface area contributed by atoms with Crippen molar-refractivity contribution in [2.24, 2.45) is 11.3 Å². The molecule has 1 saturated heterocycles. The second kappa shape index (κ2) is 6.70. The highest BCUT2D eigenvalue weighted by atomic mass is 16.3. The van der Waals surface area contributed by atoms with E-state index in [-0.39, 0.29) is 29.8 Å². The molecule has 0 aromatic carbocycles. The summed E-state index contributed by atoms with van der Waals surface area (Å²) in [6.07, 6.45) is 8.14. The van der Waals surface area contributed by atoms with Crippen LogP contribution in [0.2, 0.25) is 0 Å². The third-order valence-electron chi connectivity index (χ3n) is 4.99. The van der Waals surface area contributed by atoms with Crippen molar-refractivity contribution in [3.8, 4) is 0 Å². The lowest BCUT2D eigenvalue weighted by Crippen LogP contribution is -2.49. The van der Waals surface area contributed by atoms with Gasteiger partial charge in [-0.05, 0) is 37.0 Å². The number of aliphatic hydroxyl groups excluding tert-OH is 1. The summed E-state index contributed by atoms with van der Waals surface area (Å²) in [7, 11) is 0. The van der Waals surface area contributed by atoms with Gasteiger partial charge in [-0.2, -0.15) is 0 Å². The van der Waals surface area contributed by atoms with E-state index < -0.39 is 0 Å². The quantitative estimate of drug-likeness (QED) is 0.761. The molecule has 1 unspecified atom stereocenters. The molecule has 4 heteroatoms. The summed E-state index contributed by atoms with van der Waals surface area (Å²) in [5.41, 5.74) is -0.0120. The Bertz CT molecular complexity index is 335. The molecule has 2 rings (SSSR count). The van der Waals surface area contributed by atoms with Gasteiger partial charge in [0.2, 0.25) is 11.8 Å². The van der Waals surface area contributed by atoms with Crippen LogP contribution in [0.1, 0.15) is 64.7 Å².